The highest BCUT2D eigenvalue weighted by molar-refractivity contribution is 6.02. The molecule has 0 aliphatic carbocycles. The predicted molar refractivity (Wildman–Crippen MR) is 94.5 cm³/mol. The van der Waals surface area contributed by atoms with Gasteiger partial charge in [-0.15, -0.1) is 0 Å². The van der Waals surface area contributed by atoms with E-state index in [1.807, 2.05) is 63.2 Å². The minimum Gasteiger partial charge on any atom is -0.457 e. The molecular formula is C20H19NO2. The van der Waals surface area contributed by atoms with E-state index in [0.29, 0.717) is 5.76 Å². The maximum absolute atomic E-state index is 12.1. The zero-order valence-electron chi connectivity index (χ0n) is 13.5. The molecule has 3 nitrogen and oxygen atoms in total. The van der Waals surface area contributed by atoms with E-state index in [1.165, 1.54) is 6.08 Å². The third kappa shape index (κ3) is 3.51. The van der Waals surface area contributed by atoms with Crippen LogP contribution in [0.25, 0.3) is 17.0 Å². The Kier molecular flexibility index (Phi) is 4.02. The van der Waals surface area contributed by atoms with Gasteiger partial charge in [0.15, 0.2) is 0 Å². The van der Waals surface area contributed by atoms with Crippen LogP contribution in [0.15, 0.2) is 53.0 Å². The minimum absolute atomic E-state index is 0.171. The average Bonchev–Trinajstić information content (AvgIpc) is 2.91. The highest BCUT2D eigenvalue weighted by Crippen LogP contribution is 2.21. The number of hydrogen-bond donors (Lipinski definition) is 1. The molecule has 0 spiro atoms. The van der Waals surface area contributed by atoms with Crippen molar-refractivity contribution in [2.45, 2.75) is 20.8 Å². The molecule has 3 aromatic rings. The smallest absolute Gasteiger partial charge is 0.248 e. The van der Waals surface area contributed by atoms with Crippen LogP contribution in [0.3, 0.4) is 0 Å². The molecule has 0 aliphatic heterocycles. The Morgan fingerprint density at radius 1 is 1.00 bits per heavy atom. The second-order valence-corrected chi connectivity index (χ2v) is 5.83. The fourth-order valence-corrected chi connectivity index (χ4v) is 2.44. The molecule has 1 amide bonds. The SMILES string of the molecule is Cc1ccc(C)c(NC(=O)/C=C/c2cc3ccc(C)cc3o2)c1. The summed E-state index contributed by atoms with van der Waals surface area (Å²) in [6.07, 6.45) is 3.18. The van der Waals surface area contributed by atoms with E-state index >= 15 is 0 Å². The van der Waals surface area contributed by atoms with Crippen LogP contribution in [-0.2, 0) is 4.79 Å². The molecule has 0 aliphatic rings. The van der Waals surface area contributed by atoms with Gasteiger partial charge < -0.3 is 9.73 Å². The van der Waals surface area contributed by atoms with Crippen LogP contribution in [0.1, 0.15) is 22.5 Å². The van der Waals surface area contributed by atoms with Crippen LogP contribution in [-0.4, -0.2) is 5.91 Å². The molecule has 0 bridgehead atoms. The lowest BCUT2D eigenvalue weighted by atomic mass is 10.1. The maximum Gasteiger partial charge on any atom is 0.248 e. The standard InChI is InChI=1S/C20H19NO2/c1-13-4-6-15(3)18(10-13)21-20(22)9-8-17-12-16-7-5-14(2)11-19(16)23-17/h4-12H,1-3H3,(H,21,22)/b9-8+. The van der Waals surface area contributed by atoms with Crippen molar-refractivity contribution in [3.63, 3.8) is 0 Å². The van der Waals surface area contributed by atoms with Crippen molar-refractivity contribution in [1.29, 1.82) is 0 Å². The molecule has 3 heteroatoms. The van der Waals surface area contributed by atoms with Gasteiger partial charge in [-0.05, 0) is 61.7 Å². The summed E-state index contributed by atoms with van der Waals surface area (Å²) in [4.78, 5) is 12.1. The second kappa shape index (κ2) is 6.13. The van der Waals surface area contributed by atoms with E-state index in [-0.39, 0.29) is 5.91 Å². The fraction of sp³-hybridized carbons (Fsp3) is 0.150. The summed E-state index contributed by atoms with van der Waals surface area (Å²) in [5, 5.41) is 3.93. The number of benzene rings is 2. The Morgan fingerprint density at radius 2 is 1.74 bits per heavy atom. The molecule has 0 unspecified atom stereocenters. The van der Waals surface area contributed by atoms with Gasteiger partial charge in [0.2, 0.25) is 5.91 Å². The topological polar surface area (TPSA) is 42.2 Å². The molecule has 23 heavy (non-hydrogen) atoms. The fourth-order valence-electron chi connectivity index (χ4n) is 2.44. The second-order valence-electron chi connectivity index (χ2n) is 5.83. The van der Waals surface area contributed by atoms with Gasteiger partial charge in [-0.2, -0.15) is 0 Å². The Morgan fingerprint density at radius 3 is 2.57 bits per heavy atom. The van der Waals surface area contributed by atoms with E-state index in [2.05, 4.69) is 5.32 Å². The zero-order valence-corrected chi connectivity index (χ0v) is 13.5. The van der Waals surface area contributed by atoms with Crippen molar-refractivity contribution >= 4 is 28.6 Å². The van der Waals surface area contributed by atoms with Crippen LogP contribution in [0.2, 0.25) is 0 Å². The largest absolute Gasteiger partial charge is 0.457 e. The average molecular weight is 305 g/mol. The summed E-state index contributed by atoms with van der Waals surface area (Å²) in [6.45, 7) is 6.00. The highest BCUT2D eigenvalue weighted by Gasteiger charge is 2.04. The maximum atomic E-state index is 12.1. The predicted octanol–water partition coefficient (Wildman–Crippen LogP) is 5.01. The summed E-state index contributed by atoms with van der Waals surface area (Å²) >= 11 is 0. The molecule has 0 radical (unpaired) electrons. The lowest BCUT2D eigenvalue weighted by Gasteiger charge is -2.07. The summed E-state index contributed by atoms with van der Waals surface area (Å²) in [6, 6.07) is 14.0. The van der Waals surface area contributed by atoms with Crippen LogP contribution in [0.4, 0.5) is 5.69 Å². The molecular weight excluding hydrogens is 286 g/mol. The zero-order chi connectivity index (χ0) is 16.4. The summed E-state index contributed by atoms with van der Waals surface area (Å²) in [5.74, 6) is 0.497. The number of fused-ring (bicyclic) bond motifs is 1. The number of furan rings is 1. The number of aryl methyl sites for hydroxylation is 3. The summed E-state index contributed by atoms with van der Waals surface area (Å²) in [5.41, 5.74) is 4.97. The monoisotopic (exact) mass is 305 g/mol. The number of carbonyl (C=O) groups excluding carboxylic acids is 1. The van der Waals surface area contributed by atoms with Crippen molar-refractivity contribution in [1.82, 2.24) is 0 Å². The third-order valence-corrected chi connectivity index (χ3v) is 3.74. The van der Waals surface area contributed by atoms with Crippen LogP contribution < -0.4 is 5.32 Å². The van der Waals surface area contributed by atoms with E-state index in [1.54, 1.807) is 6.08 Å². The normalized spacial score (nSPS) is 11.3. The van der Waals surface area contributed by atoms with Crippen molar-refractivity contribution in [2.75, 3.05) is 5.32 Å². The highest BCUT2D eigenvalue weighted by atomic mass is 16.3. The van der Waals surface area contributed by atoms with Crippen molar-refractivity contribution < 1.29 is 9.21 Å². The van der Waals surface area contributed by atoms with E-state index in [9.17, 15) is 4.79 Å². The molecule has 1 heterocycles. The van der Waals surface area contributed by atoms with Gasteiger partial charge in [0.1, 0.15) is 11.3 Å². The quantitative estimate of drug-likeness (QED) is 0.691. The van der Waals surface area contributed by atoms with Gasteiger partial charge in [0.05, 0.1) is 0 Å². The number of amides is 1. The van der Waals surface area contributed by atoms with E-state index < -0.39 is 0 Å². The number of rotatable bonds is 3. The Hall–Kier alpha value is -2.81. The van der Waals surface area contributed by atoms with Crippen LogP contribution in [0.5, 0.6) is 0 Å². The third-order valence-electron chi connectivity index (χ3n) is 3.74. The first-order chi connectivity index (χ1) is 11.0. The van der Waals surface area contributed by atoms with Gasteiger partial charge >= 0.3 is 0 Å². The molecule has 0 saturated heterocycles. The van der Waals surface area contributed by atoms with E-state index in [4.69, 9.17) is 4.42 Å². The summed E-state index contributed by atoms with van der Waals surface area (Å²) < 4.78 is 5.73. The molecule has 3 rings (SSSR count). The molecule has 1 N–H and O–H groups in total. The molecule has 0 saturated carbocycles. The van der Waals surface area contributed by atoms with Gasteiger partial charge in [-0.1, -0.05) is 24.3 Å². The van der Waals surface area contributed by atoms with Crippen molar-refractivity contribution in [3.05, 3.63) is 71.0 Å². The first-order valence-corrected chi connectivity index (χ1v) is 7.58. The van der Waals surface area contributed by atoms with E-state index in [0.717, 1.165) is 33.3 Å². The number of anilines is 1. The van der Waals surface area contributed by atoms with Crippen molar-refractivity contribution in [3.8, 4) is 0 Å². The van der Waals surface area contributed by atoms with Gasteiger partial charge in [-0.25, -0.2) is 0 Å². The molecule has 116 valence electrons. The summed E-state index contributed by atoms with van der Waals surface area (Å²) in [7, 11) is 0. The number of nitrogens with one attached hydrogen (secondary N) is 1. The lowest BCUT2D eigenvalue weighted by molar-refractivity contribution is -0.111. The van der Waals surface area contributed by atoms with Crippen LogP contribution >= 0.6 is 0 Å². The lowest BCUT2D eigenvalue weighted by Crippen LogP contribution is -2.09. The number of hydrogen-bond acceptors (Lipinski definition) is 2. The van der Waals surface area contributed by atoms with Crippen molar-refractivity contribution in [2.24, 2.45) is 0 Å². The Labute approximate surface area is 135 Å². The Bertz CT molecular complexity index is 903. The minimum atomic E-state index is -0.171. The van der Waals surface area contributed by atoms with Crippen LogP contribution in [0, 0.1) is 20.8 Å². The van der Waals surface area contributed by atoms with Gasteiger partial charge in [0, 0.05) is 17.1 Å². The first kappa shape index (κ1) is 15.1. The molecule has 2 aromatic carbocycles. The molecule has 0 atom stereocenters. The first-order valence-electron chi connectivity index (χ1n) is 7.58. The van der Waals surface area contributed by atoms with Gasteiger partial charge in [-0.3, -0.25) is 4.79 Å². The number of carbonyl (C=O) groups is 1. The molecule has 1 aromatic heterocycles. The molecule has 0 fully saturated rings. The van der Waals surface area contributed by atoms with Gasteiger partial charge in [0.25, 0.3) is 0 Å². The Balaban J connectivity index is 1.75.